The number of rotatable bonds is 2. The minimum absolute atomic E-state index is 0. The van der Waals surface area contributed by atoms with Gasteiger partial charge in [-0.2, -0.15) is 15.4 Å². The van der Waals surface area contributed by atoms with Crippen LogP contribution in [0.3, 0.4) is 0 Å². The van der Waals surface area contributed by atoms with Gasteiger partial charge in [-0.05, 0) is 5.56 Å². The van der Waals surface area contributed by atoms with E-state index in [1.54, 1.807) is 6.20 Å². The quantitative estimate of drug-likeness (QED) is 0.704. The van der Waals surface area contributed by atoms with Crippen molar-refractivity contribution in [3.8, 4) is 0 Å². The van der Waals surface area contributed by atoms with Crippen LogP contribution in [-0.4, -0.2) is 45.0 Å². The number of H-pyrrole nitrogens is 1. The van der Waals surface area contributed by atoms with Gasteiger partial charge in [-0.25, -0.2) is 0 Å². The third-order valence-electron chi connectivity index (χ3n) is 1.69. The molecule has 3 nitrogen and oxygen atoms in total. The van der Waals surface area contributed by atoms with Gasteiger partial charge in [0, 0.05) is 36.0 Å². The molecule has 0 fully saturated rings. The molecular formula is C9H9N3Na. The molecule has 0 aliphatic heterocycles. The fourth-order valence-electron chi connectivity index (χ4n) is 1.12. The van der Waals surface area contributed by atoms with Gasteiger partial charge >= 0.3 is 0 Å². The van der Waals surface area contributed by atoms with Crippen LogP contribution in [0.5, 0.6) is 0 Å². The zero-order chi connectivity index (χ0) is 8.23. The molecule has 4 heteroatoms. The van der Waals surface area contributed by atoms with Crippen LogP contribution in [0.15, 0.2) is 36.5 Å². The van der Waals surface area contributed by atoms with Crippen molar-refractivity contribution in [3.05, 3.63) is 47.8 Å². The average Bonchev–Trinajstić information content (AvgIpc) is 2.59. The maximum absolute atomic E-state index is 3.98. The first-order valence-corrected chi connectivity index (χ1v) is 3.84. The molecule has 0 saturated carbocycles. The van der Waals surface area contributed by atoms with Crippen LogP contribution in [0.4, 0.5) is 0 Å². The topological polar surface area (TPSA) is 41.6 Å². The Morgan fingerprint density at radius 3 is 2.54 bits per heavy atom. The van der Waals surface area contributed by atoms with Gasteiger partial charge in [0.05, 0.1) is 11.9 Å². The molecule has 1 heterocycles. The van der Waals surface area contributed by atoms with Crippen LogP contribution in [0.25, 0.3) is 0 Å². The first-order chi connectivity index (χ1) is 5.95. The monoisotopic (exact) mass is 182 g/mol. The Morgan fingerprint density at radius 2 is 1.92 bits per heavy atom. The molecule has 0 bridgehead atoms. The van der Waals surface area contributed by atoms with Crippen molar-refractivity contribution < 1.29 is 0 Å². The van der Waals surface area contributed by atoms with Crippen molar-refractivity contribution in [2.75, 3.05) is 0 Å². The SMILES string of the molecule is [Na].c1ccc(Cc2cn[nH]n2)cc1. The summed E-state index contributed by atoms with van der Waals surface area (Å²) in [5.41, 5.74) is 2.23. The Hall–Kier alpha value is -0.640. The molecule has 1 aromatic heterocycles. The maximum Gasteiger partial charge on any atom is 0.0868 e. The summed E-state index contributed by atoms with van der Waals surface area (Å²) < 4.78 is 0. The van der Waals surface area contributed by atoms with E-state index in [9.17, 15) is 0 Å². The van der Waals surface area contributed by atoms with E-state index in [0.717, 1.165) is 12.1 Å². The first-order valence-electron chi connectivity index (χ1n) is 3.84. The van der Waals surface area contributed by atoms with E-state index in [1.807, 2.05) is 18.2 Å². The molecule has 0 aliphatic rings. The minimum atomic E-state index is 0. The van der Waals surface area contributed by atoms with E-state index in [1.165, 1.54) is 5.56 Å². The van der Waals surface area contributed by atoms with Gasteiger partial charge in [0.2, 0.25) is 0 Å². The third kappa shape index (κ3) is 2.95. The van der Waals surface area contributed by atoms with Crippen molar-refractivity contribution in [2.45, 2.75) is 6.42 Å². The molecule has 13 heavy (non-hydrogen) atoms. The van der Waals surface area contributed by atoms with Crippen molar-refractivity contribution in [3.63, 3.8) is 0 Å². The molecular weight excluding hydrogens is 173 g/mol. The molecule has 1 radical (unpaired) electrons. The number of aromatic nitrogens is 3. The van der Waals surface area contributed by atoms with Crippen LogP contribution >= 0.6 is 0 Å². The van der Waals surface area contributed by atoms with E-state index in [-0.39, 0.29) is 29.6 Å². The molecule has 2 rings (SSSR count). The van der Waals surface area contributed by atoms with E-state index >= 15 is 0 Å². The zero-order valence-electron chi connectivity index (χ0n) is 7.57. The Morgan fingerprint density at radius 1 is 1.15 bits per heavy atom. The van der Waals surface area contributed by atoms with Gasteiger partial charge in [0.25, 0.3) is 0 Å². The van der Waals surface area contributed by atoms with Crippen molar-refractivity contribution >= 4 is 29.6 Å². The second kappa shape index (κ2) is 5.17. The fraction of sp³-hybridized carbons (Fsp3) is 0.111. The van der Waals surface area contributed by atoms with Gasteiger partial charge in [-0.15, -0.1) is 0 Å². The van der Waals surface area contributed by atoms with Gasteiger partial charge in [0.1, 0.15) is 0 Å². The summed E-state index contributed by atoms with van der Waals surface area (Å²) in [6, 6.07) is 10.2. The molecule has 0 amide bonds. The predicted molar refractivity (Wildman–Crippen MR) is 51.4 cm³/mol. The summed E-state index contributed by atoms with van der Waals surface area (Å²) in [6.45, 7) is 0. The largest absolute Gasteiger partial charge is 0.198 e. The van der Waals surface area contributed by atoms with Gasteiger partial charge in [0.15, 0.2) is 0 Å². The number of aromatic amines is 1. The molecule has 0 unspecified atom stereocenters. The van der Waals surface area contributed by atoms with Gasteiger partial charge < -0.3 is 0 Å². The summed E-state index contributed by atoms with van der Waals surface area (Å²) in [5.74, 6) is 0. The molecule has 0 saturated heterocycles. The fourth-order valence-corrected chi connectivity index (χ4v) is 1.12. The van der Waals surface area contributed by atoms with Crippen LogP contribution < -0.4 is 0 Å². The number of nitrogens with zero attached hydrogens (tertiary/aromatic N) is 2. The molecule has 1 N–H and O–H groups in total. The first kappa shape index (κ1) is 10.4. The van der Waals surface area contributed by atoms with Crippen molar-refractivity contribution in [1.29, 1.82) is 0 Å². The normalized spacial score (nSPS) is 9.23. The smallest absolute Gasteiger partial charge is 0.0868 e. The van der Waals surface area contributed by atoms with E-state index in [2.05, 4.69) is 27.5 Å². The summed E-state index contributed by atoms with van der Waals surface area (Å²) in [5, 5.41) is 10.3. The van der Waals surface area contributed by atoms with Crippen molar-refractivity contribution in [2.24, 2.45) is 0 Å². The van der Waals surface area contributed by atoms with Crippen LogP contribution in [0.2, 0.25) is 0 Å². The molecule has 0 aliphatic carbocycles. The number of benzene rings is 1. The zero-order valence-corrected chi connectivity index (χ0v) is 9.57. The van der Waals surface area contributed by atoms with Crippen LogP contribution in [0.1, 0.15) is 11.3 Å². The van der Waals surface area contributed by atoms with Crippen LogP contribution in [0, 0.1) is 0 Å². The van der Waals surface area contributed by atoms with E-state index < -0.39 is 0 Å². The standard InChI is InChI=1S/C9H9N3.Na/c1-2-4-8(5-3-1)6-9-7-10-12-11-9;/h1-5,7H,6H2,(H,10,11,12);. The Kier molecular flexibility index (Phi) is 4.15. The number of nitrogens with one attached hydrogen (secondary N) is 1. The predicted octanol–water partition coefficient (Wildman–Crippen LogP) is 1.01. The number of hydrogen-bond donors (Lipinski definition) is 1. The average molecular weight is 182 g/mol. The Balaban J connectivity index is 0.000000845. The second-order valence-electron chi connectivity index (χ2n) is 2.62. The molecule has 1 aromatic carbocycles. The molecule has 61 valence electrons. The Labute approximate surface area is 98.9 Å². The molecule has 0 atom stereocenters. The molecule has 2 aromatic rings. The second-order valence-corrected chi connectivity index (χ2v) is 2.62. The molecule has 0 spiro atoms. The van der Waals surface area contributed by atoms with Crippen molar-refractivity contribution in [1.82, 2.24) is 15.4 Å². The number of hydrogen-bond acceptors (Lipinski definition) is 2. The van der Waals surface area contributed by atoms with Gasteiger partial charge in [-0.3, -0.25) is 0 Å². The minimum Gasteiger partial charge on any atom is -0.198 e. The maximum atomic E-state index is 3.98. The third-order valence-corrected chi connectivity index (χ3v) is 1.69. The van der Waals surface area contributed by atoms with E-state index in [0.29, 0.717) is 0 Å². The van der Waals surface area contributed by atoms with Crippen LogP contribution in [-0.2, 0) is 6.42 Å². The van der Waals surface area contributed by atoms with E-state index in [4.69, 9.17) is 0 Å². The Bertz CT molecular complexity index is 331. The summed E-state index contributed by atoms with van der Waals surface area (Å²) >= 11 is 0. The van der Waals surface area contributed by atoms with Gasteiger partial charge in [-0.1, -0.05) is 30.3 Å². The summed E-state index contributed by atoms with van der Waals surface area (Å²) in [7, 11) is 0. The summed E-state index contributed by atoms with van der Waals surface area (Å²) in [4.78, 5) is 0. The summed E-state index contributed by atoms with van der Waals surface area (Å²) in [6.07, 6.45) is 2.59.